The fourth-order valence-corrected chi connectivity index (χ4v) is 3.39. The normalized spacial score (nSPS) is 15.5. The van der Waals surface area contributed by atoms with Crippen LogP contribution in [0.4, 0.5) is 4.39 Å². The van der Waals surface area contributed by atoms with Gasteiger partial charge in [-0.15, -0.1) is 0 Å². The summed E-state index contributed by atoms with van der Waals surface area (Å²) in [6, 6.07) is 10.4. The van der Waals surface area contributed by atoms with Crippen molar-refractivity contribution in [2.45, 2.75) is 18.3 Å². The van der Waals surface area contributed by atoms with Gasteiger partial charge in [-0.2, -0.15) is 0 Å². The van der Waals surface area contributed by atoms with Crippen LogP contribution in [0.25, 0.3) is 11.1 Å². The van der Waals surface area contributed by atoms with Crippen molar-refractivity contribution in [2.75, 3.05) is 7.11 Å². The molecule has 0 bridgehead atoms. The molecule has 1 saturated carbocycles. The van der Waals surface area contributed by atoms with Crippen LogP contribution < -0.4 is 0 Å². The number of hydrogen-bond acceptors (Lipinski definition) is 2. The van der Waals surface area contributed by atoms with Crippen LogP contribution in [0.3, 0.4) is 0 Å². The van der Waals surface area contributed by atoms with E-state index in [1.54, 1.807) is 0 Å². The summed E-state index contributed by atoms with van der Waals surface area (Å²) >= 11 is 9.29. The van der Waals surface area contributed by atoms with Crippen LogP contribution in [0, 0.1) is 5.82 Å². The maximum absolute atomic E-state index is 13.7. The standard InChI is InChI=1S/C17H13BrClFO2/c1-22-16(21)17(6-7-17)11-4-2-10(3-5-11)12-8-15(20)13(18)9-14(12)19/h2-5,8-9H,6-7H2,1H3. The van der Waals surface area contributed by atoms with Crippen molar-refractivity contribution in [3.8, 4) is 11.1 Å². The summed E-state index contributed by atoms with van der Waals surface area (Å²) in [7, 11) is 1.40. The summed E-state index contributed by atoms with van der Waals surface area (Å²) < 4.78 is 18.9. The lowest BCUT2D eigenvalue weighted by Gasteiger charge is -2.14. The lowest BCUT2D eigenvalue weighted by molar-refractivity contribution is -0.143. The van der Waals surface area contributed by atoms with Gasteiger partial charge in [0.05, 0.1) is 17.0 Å². The average molecular weight is 384 g/mol. The van der Waals surface area contributed by atoms with Crippen molar-refractivity contribution in [3.05, 3.63) is 57.3 Å². The Hall–Kier alpha value is -1.39. The van der Waals surface area contributed by atoms with Gasteiger partial charge in [0.25, 0.3) is 0 Å². The number of methoxy groups -OCH3 is 1. The minimum atomic E-state index is -0.498. The third-order valence-electron chi connectivity index (χ3n) is 4.08. The van der Waals surface area contributed by atoms with E-state index in [1.165, 1.54) is 19.2 Å². The maximum Gasteiger partial charge on any atom is 0.316 e. The Morgan fingerprint density at radius 1 is 1.27 bits per heavy atom. The molecule has 2 aromatic rings. The molecule has 3 rings (SSSR count). The summed E-state index contributed by atoms with van der Waals surface area (Å²) in [5.41, 5.74) is 1.86. The predicted molar refractivity (Wildman–Crippen MR) is 87.5 cm³/mol. The van der Waals surface area contributed by atoms with Crippen molar-refractivity contribution in [2.24, 2.45) is 0 Å². The number of halogens is 3. The highest BCUT2D eigenvalue weighted by Gasteiger charge is 2.52. The van der Waals surface area contributed by atoms with E-state index < -0.39 is 5.41 Å². The highest BCUT2D eigenvalue weighted by Crippen LogP contribution is 2.49. The first-order chi connectivity index (χ1) is 10.5. The van der Waals surface area contributed by atoms with Crippen molar-refractivity contribution in [3.63, 3.8) is 0 Å². The molecule has 2 aromatic carbocycles. The molecule has 0 amide bonds. The SMILES string of the molecule is COC(=O)C1(c2ccc(-c3cc(F)c(Br)cc3Cl)cc2)CC1. The molecule has 0 saturated heterocycles. The lowest BCUT2D eigenvalue weighted by atomic mass is 9.94. The Morgan fingerprint density at radius 3 is 2.45 bits per heavy atom. The van der Waals surface area contributed by atoms with Crippen LogP contribution in [0.1, 0.15) is 18.4 Å². The lowest BCUT2D eigenvalue weighted by Crippen LogP contribution is -2.21. The first-order valence-corrected chi connectivity index (χ1v) is 7.99. The predicted octanol–water partition coefficient (Wildman–Crippen LogP) is 5.11. The number of benzene rings is 2. The summed E-state index contributed by atoms with van der Waals surface area (Å²) in [5.74, 6) is -0.565. The zero-order valence-electron chi connectivity index (χ0n) is 11.8. The largest absolute Gasteiger partial charge is 0.468 e. The van der Waals surface area contributed by atoms with Crippen LogP contribution >= 0.6 is 27.5 Å². The number of ether oxygens (including phenoxy) is 1. The van der Waals surface area contributed by atoms with E-state index in [0.717, 1.165) is 24.0 Å². The molecule has 0 N–H and O–H groups in total. The molecular formula is C17H13BrClFO2. The monoisotopic (exact) mass is 382 g/mol. The second kappa shape index (κ2) is 5.67. The quantitative estimate of drug-likeness (QED) is 0.543. The zero-order chi connectivity index (χ0) is 15.9. The Balaban J connectivity index is 1.96. The van der Waals surface area contributed by atoms with Gasteiger partial charge in [0.15, 0.2) is 0 Å². The molecule has 114 valence electrons. The number of carbonyl (C=O) groups excluding carboxylic acids is 1. The Kier molecular flexibility index (Phi) is 4.00. The minimum absolute atomic E-state index is 0.201. The van der Waals surface area contributed by atoms with Crippen molar-refractivity contribution < 1.29 is 13.9 Å². The van der Waals surface area contributed by atoms with Gasteiger partial charge in [-0.3, -0.25) is 4.79 Å². The molecule has 22 heavy (non-hydrogen) atoms. The Morgan fingerprint density at radius 2 is 1.91 bits per heavy atom. The third-order valence-corrected chi connectivity index (χ3v) is 5.00. The molecule has 0 radical (unpaired) electrons. The van der Waals surface area contributed by atoms with E-state index in [-0.39, 0.29) is 11.8 Å². The number of hydrogen-bond donors (Lipinski definition) is 0. The van der Waals surface area contributed by atoms with Crippen LogP contribution in [0.15, 0.2) is 40.9 Å². The molecule has 2 nitrogen and oxygen atoms in total. The van der Waals surface area contributed by atoms with Crippen molar-refractivity contribution >= 4 is 33.5 Å². The van der Waals surface area contributed by atoms with Crippen LogP contribution in [0.2, 0.25) is 5.02 Å². The number of esters is 1. The first kappa shape index (κ1) is 15.5. The molecule has 5 heteroatoms. The summed E-state index contributed by atoms with van der Waals surface area (Å²) in [5, 5.41) is 0.468. The highest BCUT2D eigenvalue weighted by atomic mass is 79.9. The van der Waals surface area contributed by atoms with Gasteiger partial charge in [-0.05, 0) is 52.0 Å². The van der Waals surface area contributed by atoms with Gasteiger partial charge in [0, 0.05) is 10.6 Å². The molecule has 0 atom stereocenters. The molecule has 1 aliphatic carbocycles. The van der Waals surface area contributed by atoms with E-state index >= 15 is 0 Å². The summed E-state index contributed by atoms with van der Waals surface area (Å²) in [4.78, 5) is 11.9. The van der Waals surface area contributed by atoms with E-state index in [2.05, 4.69) is 15.9 Å². The molecule has 0 aromatic heterocycles. The van der Waals surface area contributed by atoms with Gasteiger partial charge in [0.1, 0.15) is 5.82 Å². The van der Waals surface area contributed by atoms with Crippen LogP contribution in [-0.2, 0) is 14.9 Å². The Labute approximate surface area is 141 Å². The van der Waals surface area contributed by atoms with Crippen molar-refractivity contribution in [1.29, 1.82) is 0 Å². The van der Waals surface area contributed by atoms with Crippen LogP contribution in [0.5, 0.6) is 0 Å². The minimum Gasteiger partial charge on any atom is -0.468 e. The number of carbonyl (C=O) groups is 1. The van der Waals surface area contributed by atoms with Gasteiger partial charge >= 0.3 is 5.97 Å². The third kappa shape index (κ3) is 2.55. The maximum atomic E-state index is 13.7. The number of rotatable bonds is 3. The average Bonchev–Trinajstić information content (AvgIpc) is 3.32. The molecule has 1 fully saturated rings. The second-order valence-electron chi connectivity index (χ2n) is 5.40. The first-order valence-electron chi connectivity index (χ1n) is 6.82. The molecule has 0 aliphatic heterocycles. The van der Waals surface area contributed by atoms with E-state index in [1.807, 2.05) is 24.3 Å². The highest BCUT2D eigenvalue weighted by molar-refractivity contribution is 9.10. The molecule has 0 unspecified atom stereocenters. The van der Waals surface area contributed by atoms with E-state index in [0.29, 0.717) is 15.1 Å². The molecular weight excluding hydrogens is 371 g/mol. The topological polar surface area (TPSA) is 26.3 Å². The van der Waals surface area contributed by atoms with Gasteiger partial charge in [0.2, 0.25) is 0 Å². The van der Waals surface area contributed by atoms with Gasteiger partial charge in [-0.1, -0.05) is 35.9 Å². The van der Waals surface area contributed by atoms with Crippen LogP contribution in [-0.4, -0.2) is 13.1 Å². The smallest absolute Gasteiger partial charge is 0.316 e. The van der Waals surface area contributed by atoms with E-state index in [9.17, 15) is 9.18 Å². The van der Waals surface area contributed by atoms with E-state index in [4.69, 9.17) is 16.3 Å². The van der Waals surface area contributed by atoms with Crippen molar-refractivity contribution in [1.82, 2.24) is 0 Å². The molecule has 0 spiro atoms. The molecule has 1 aliphatic rings. The van der Waals surface area contributed by atoms with Gasteiger partial charge in [-0.25, -0.2) is 4.39 Å². The fourth-order valence-electron chi connectivity index (χ4n) is 2.64. The Bertz CT molecular complexity index is 739. The van der Waals surface area contributed by atoms with Gasteiger partial charge < -0.3 is 4.74 Å². The second-order valence-corrected chi connectivity index (χ2v) is 6.66. The summed E-state index contributed by atoms with van der Waals surface area (Å²) in [6.07, 6.45) is 1.60. The fraction of sp³-hybridized carbons (Fsp3) is 0.235. The zero-order valence-corrected chi connectivity index (χ0v) is 14.2. The summed E-state index contributed by atoms with van der Waals surface area (Å²) in [6.45, 7) is 0. The molecule has 0 heterocycles.